The minimum Gasteiger partial charge on any atom is -0.323 e. The summed E-state index contributed by atoms with van der Waals surface area (Å²) >= 11 is 0. The van der Waals surface area contributed by atoms with E-state index < -0.39 is 0 Å². The maximum Gasteiger partial charge on any atom is 0.0991 e. The number of aromatic amines is 1. The van der Waals surface area contributed by atoms with Crippen molar-refractivity contribution >= 4 is 0 Å². The molecule has 2 rings (SSSR count). The van der Waals surface area contributed by atoms with E-state index in [9.17, 15) is 0 Å². The van der Waals surface area contributed by atoms with Crippen LogP contribution in [0.3, 0.4) is 0 Å². The molecule has 1 aromatic heterocycles. The molecule has 4 nitrogen and oxygen atoms in total. The molecule has 1 aliphatic carbocycles. The summed E-state index contributed by atoms with van der Waals surface area (Å²) in [7, 11) is 0. The molecule has 1 aromatic rings. The molecule has 4 heteroatoms. The highest BCUT2D eigenvalue weighted by Gasteiger charge is 2.18. The Hall–Kier alpha value is -0.900. The van der Waals surface area contributed by atoms with Crippen molar-refractivity contribution in [2.24, 2.45) is 11.7 Å². The first-order chi connectivity index (χ1) is 6.86. The summed E-state index contributed by atoms with van der Waals surface area (Å²) in [5.74, 6) is 0.801. The predicted molar refractivity (Wildman–Crippen MR) is 54.5 cm³/mol. The fourth-order valence-electron chi connectivity index (χ4n) is 2.29. The van der Waals surface area contributed by atoms with Gasteiger partial charge in [-0.25, -0.2) is 0 Å². The predicted octanol–water partition coefficient (Wildman–Crippen LogP) is 1.77. The van der Waals surface area contributed by atoms with Gasteiger partial charge >= 0.3 is 0 Å². The Balaban J connectivity index is 1.84. The molecule has 0 aromatic carbocycles. The zero-order valence-electron chi connectivity index (χ0n) is 8.45. The first-order valence-electron chi connectivity index (χ1n) is 5.47. The number of hydrogen-bond acceptors (Lipinski definition) is 3. The molecule has 0 amide bonds. The van der Waals surface area contributed by atoms with Crippen molar-refractivity contribution in [1.29, 1.82) is 0 Å². The number of nitrogens with one attached hydrogen (secondary N) is 1. The van der Waals surface area contributed by atoms with Crippen molar-refractivity contribution in [2.45, 2.75) is 44.6 Å². The summed E-state index contributed by atoms with van der Waals surface area (Å²) in [5.41, 5.74) is 6.95. The smallest absolute Gasteiger partial charge is 0.0991 e. The molecule has 1 atom stereocenters. The van der Waals surface area contributed by atoms with Gasteiger partial charge < -0.3 is 5.73 Å². The number of aromatic nitrogens is 3. The molecule has 14 heavy (non-hydrogen) atoms. The lowest BCUT2D eigenvalue weighted by Gasteiger charge is -2.23. The first-order valence-corrected chi connectivity index (χ1v) is 5.47. The van der Waals surface area contributed by atoms with Gasteiger partial charge in [0.1, 0.15) is 0 Å². The van der Waals surface area contributed by atoms with Crippen LogP contribution in [-0.4, -0.2) is 15.4 Å². The summed E-state index contributed by atoms with van der Waals surface area (Å²) < 4.78 is 0. The standard InChI is InChI=1S/C10H18N4/c11-9(10-7-12-14-13-10)6-8-4-2-1-3-5-8/h7-9H,1-6,11H2,(H,12,13,14). The molecule has 1 fully saturated rings. The normalized spacial score (nSPS) is 20.9. The van der Waals surface area contributed by atoms with Crippen LogP contribution in [0.15, 0.2) is 6.20 Å². The number of nitrogens with zero attached hydrogens (tertiary/aromatic N) is 2. The Morgan fingerprint density at radius 3 is 2.86 bits per heavy atom. The molecule has 1 aliphatic rings. The van der Waals surface area contributed by atoms with Gasteiger partial charge in [-0.3, -0.25) is 0 Å². The second-order valence-corrected chi connectivity index (χ2v) is 4.24. The van der Waals surface area contributed by atoms with Crippen LogP contribution in [-0.2, 0) is 0 Å². The lowest BCUT2D eigenvalue weighted by Crippen LogP contribution is -2.17. The average molecular weight is 194 g/mol. The van der Waals surface area contributed by atoms with E-state index in [1.807, 2.05) is 0 Å². The minimum absolute atomic E-state index is 0.0665. The Morgan fingerprint density at radius 2 is 2.21 bits per heavy atom. The van der Waals surface area contributed by atoms with Crippen molar-refractivity contribution in [1.82, 2.24) is 15.4 Å². The molecular formula is C10H18N4. The van der Waals surface area contributed by atoms with Crippen molar-refractivity contribution in [3.05, 3.63) is 11.9 Å². The Morgan fingerprint density at radius 1 is 1.43 bits per heavy atom. The highest BCUT2D eigenvalue weighted by atomic mass is 15.3. The molecule has 78 valence electrons. The third kappa shape index (κ3) is 2.32. The number of H-pyrrole nitrogens is 1. The van der Waals surface area contributed by atoms with Gasteiger partial charge in [0.15, 0.2) is 0 Å². The van der Waals surface area contributed by atoms with E-state index >= 15 is 0 Å². The molecule has 1 unspecified atom stereocenters. The molecule has 0 bridgehead atoms. The van der Waals surface area contributed by atoms with Crippen molar-refractivity contribution < 1.29 is 0 Å². The van der Waals surface area contributed by atoms with Gasteiger partial charge in [0, 0.05) is 0 Å². The van der Waals surface area contributed by atoms with E-state index in [4.69, 9.17) is 5.73 Å². The first kappa shape index (κ1) is 9.65. The van der Waals surface area contributed by atoms with Gasteiger partial charge in [-0.1, -0.05) is 32.1 Å². The van der Waals surface area contributed by atoms with Crippen LogP contribution in [0.25, 0.3) is 0 Å². The van der Waals surface area contributed by atoms with Crippen LogP contribution in [0.5, 0.6) is 0 Å². The molecule has 3 N–H and O–H groups in total. The van der Waals surface area contributed by atoms with Gasteiger partial charge in [-0.15, -0.1) is 0 Å². The van der Waals surface area contributed by atoms with Gasteiger partial charge in [0.25, 0.3) is 0 Å². The Labute approximate surface area is 84.3 Å². The van der Waals surface area contributed by atoms with Crippen LogP contribution in [0.4, 0.5) is 0 Å². The van der Waals surface area contributed by atoms with Gasteiger partial charge in [0.2, 0.25) is 0 Å². The zero-order valence-corrected chi connectivity index (χ0v) is 8.45. The monoisotopic (exact) mass is 194 g/mol. The molecule has 0 spiro atoms. The molecule has 1 heterocycles. The van der Waals surface area contributed by atoms with E-state index in [2.05, 4.69) is 15.4 Å². The second-order valence-electron chi connectivity index (χ2n) is 4.24. The summed E-state index contributed by atoms with van der Waals surface area (Å²) in [6, 6.07) is 0.0665. The average Bonchev–Trinajstić information content (AvgIpc) is 2.72. The van der Waals surface area contributed by atoms with E-state index in [-0.39, 0.29) is 6.04 Å². The zero-order chi connectivity index (χ0) is 9.80. The van der Waals surface area contributed by atoms with Crippen LogP contribution in [0.2, 0.25) is 0 Å². The third-order valence-corrected chi connectivity index (χ3v) is 3.13. The second kappa shape index (κ2) is 4.55. The van der Waals surface area contributed by atoms with E-state index in [0.29, 0.717) is 0 Å². The van der Waals surface area contributed by atoms with Crippen LogP contribution >= 0.6 is 0 Å². The number of rotatable bonds is 3. The maximum absolute atomic E-state index is 6.05. The van der Waals surface area contributed by atoms with Crippen molar-refractivity contribution in [3.63, 3.8) is 0 Å². The highest BCUT2D eigenvalue weighted by molar-refractivity contribution is 4.98. The molecule has 0 saturated heterocycles. The van der Waals surface area contributed by atoms with E-state index in [1.54, 1.807) is 6.20 Å². The minimum atomic E-state index is 0.0665. The SMILES string of the molecule is NC(CC1CCCCC1)c1cn[nH]n1. The summed E-state index contributed by atoms with van der Waals surface area (Å²) in [5, 5.41) is 10.4. The topological polar surface area (TPSA) is 67.6 Å². The quantitative estimate of drug-likeness (QED) is 0.770. The van der Waals surface area contributed by atoms with Gasteiger partial charge in [-0.05, 0) is 12.3 Å². The largest absolute Gasteiger partial charge is 0.323 e. The van der Waals surface area contributed by atoms with E-state index in [1.165, 1.54) is 32.1 Å². The Bertz CT molecular complexity index is 251. The molecular weight excluding hydrogens is 176 g/mol. The number of hydrogen-bond donors (Lipinski definition) is 2. The fraction of sp³-hybridized carbons (Fsp3) is 0.800. The van der Waals surface area contributed by atoms with Gasteiger partial charge in [-0.2, -0.15) is 15.4 Å². The van der Waals surface area contributed by atoms with Crippen LogP contribution in [0, 0.1) is 5.92 Å². The summed E-state index contributed by atoms with van der Waals surface area (Å²) in [4.78, 5) is 0. The van der Waals surface area contributed by atoms with Gasteiger partial charge in [0.05, 0.1) is 17.9 Å². The van der Waals surface area contributed by atoms with Crippen molar-refractivity contribution in [3.8, 4) is 0 Å². The summed E-state index contributed by atoms with van der Waals surface area (Å²) in [6.45, 7) is 0. The fourth-order valence-corrected chi connectivity index (χ4v) is 2.29. The molecule has 0 radical (unpaired) electrons. The highest BCUT2D eigenvalue weighted by Crippen LogP contribution is 2.29. The van der Waals surface area contributed by atoms with Crippen LogP contribution < -0.4 is 5.73 Å². The number of nitrogens with two attached hydrogens (primary N) is 1. The van der Waals surface area contributed by atoms with Crippen LogP contribution in [0.1, 0.15) is 50.3 Å². The maximum atomic E-state index is 6.05. The lowest BCUT2D eigenvalue weighted by atomic mass is 9.84. The lowest BCUT2D eigenvalue weighted by molar-refractivity contribution is 0.317. The third-order valence-electron chi connectivity index (χ3n) is 3.13. The molecule has 0 aliphatic heterocycles. The Kier molecular flexibility index (Phi) is 3.14. The van der Waals surface area contributed by atoms with Crippen molar-refractivity contribution in [2.75, 3.05) is 0 Å². The molecule has 1 saturated carbocycles. The van der Waals surface area contributed by atoms with E-state index in [0.717, 1.165) is 18.0 Å². The summed E-state index contributed by atoms with van der Waals surface area (Å²) in [6.07, 6.45) is 9.61.